The van der Waals surface area contributed by atoms with Gasteiger partial charge in [-0.25, -0.2) is 4.98 Å². The summed E-state index contributed by atoms with van der Waals surface area (Å²) in [5, 5.41) is 3.18. The number of benzene rings is 1. The standard InChI is InChI=1S/C11H10NS/c1-2-11-12-10(8-13-11)9-6-4-3-5-7-9/h3-8H,1-2H2. The minimum absolute atomic E-state index is 0.775. The summed E-state index contributed by atoms with van der Waals surface area (Å²) in [6, 6.07) is 10.2. The molecule has 0 aliphatic rings. The van der Waals surface area contributed by atoms with E-state index in [0.717, 1.165) is 17.1 Å². The molecule has 0 fully saturated rings. The molecule has 0 spiro atoms. The van der Waals surface area contributed by atoms with E-state index in [1.165, 1.54) is 5.56 Å². The highest BCUT2D eigenvalue weighted by Gasteiger charge is 2.01. The fourth-order valence-electron chi connectivity index (χ4n) is 1.17. The summed E-state index contributed by atoms with van der Waals surface area (Å²) in [4.78, 5) is 4.46. The molecule has 13 heavy (non-hydrogen) atoms. The lowest BCUT2D eigenvalue weighted by Crippen LogP contribution is -1.79. The predicted octanol–water partition coefficient (Wildman–Crippen LogP) is 3.19. The highest BCUT2D eigenvalue weighted by molar-refractivity contribution is 7.09. The fraction of sp³-hybridized carbons (Fsp3) is 0.0909. The maximum Gasteiger partial charge on any atom is 0.0932 e. The van der Waals surface area contributed by atoms with Crippen molar-refractivity contribution >= 4 is 11.3 Å². The van der Waals surface area contributed by atoms with E-state index in [2.05, 4.69) is 29.4 Å². The average Bonchev–Trinajstić information content (AvgIpc) is 2.67. The summed E-state index contributed by atoms with van der Waals surface area (Å²) in [6.07, 6.45) is 0.775. The molecule has 1 nitrogen and oxygen atoms in total. The Hall–Kier alpha value is -1.15. The van der Waals surface area contributed by atoms with Gasteiger partial charge in [0, 0.05) is 10.9 Å². The highest BCUT2D eigenvalue weighted by Crippen LogP contribution is 2.21. The van der Waals surface area contributed by atoms with Gasteiger partial charge in [-0.3, -0.25) is 0 Å². The van der Waals surface area contributed by atoms with Crippen LogP contribution in [0.25, 0.3) is 11.3 Å². The summed E-state index contributed by atoms with van der Waals surface area (Å²) in [6.45, 7) is 3.81. The molecule has 2 heteroatoms. The average molecular weight is 188 g/mol. The zero-order valence-corrected chi connectivity index (χ0v) is 8.05. The van der Waals surface area contributed by atoms with Gasteiger partial charge >= 0.3 is 0 Å². The molecule has 1 aromatic heterocycles. The van der Waals surface area contributed by atoms with Crippen molar-refractivity contribution in [2.24, 2.45) is 0 Å². The van der Waals surface area contributed by atoms with E-state index >= 15 is 0 Å². The SMILES string of the molecule is [CH2]Cc1nc(-c2ccccc2)cs1. The van der Waals surface area contributed by atoms with Crippen molar-refractivity contribution in [2.45, 2.75) is 6.42 Å². The number of aromatic nitrogens is 1. The minimum atomic E-state index is 0.775. The van der Waals surface area contributed by atoms with Crippen LogP contribution in [-0.4, -0.2) is 4.98 Å². The van der Waals surface area contributed by atoms with Crippen LogP contribution in [0.5, 0.6) is 0 Å². The Morgan fingerprint density at radius 1 is 1.23 bits per heavy atom. The van der Waals surface area contributed by atoms with Crippen LogP contribution in [-0.2, 0) is 6.42 Å². The normalized spacial score (nSPS) is 10.2. The first-order valence-corrected chi connectivity index (χ1v) is 5.07. The smallest absolute Gasteiger partial charge is 0.0932 e. The minimum Gasteiger partial charge on any atom is -0.241 e. The van der Waals surface area contributed by atoms with E-state index in [-0.39, 0.29) is 0 Å². The Balaban J connectivity index is 2.36. The van der Waals surface area contributed by atoms with Gasteiger partial charge in [-0.2, -0.15) is 0 Å². The monoisotopic (exact) mass is 188 g/mol. The van der Waals surface area contributed by atoms with Crippen molar-refractivity contribution in [1.82, 2.24) is 4.98 Å². The third-order valence-corrected chi connectivity index (χ3v) is 2.74. The molecule has 1 heterocycles. The molecule has 1 radical (unpaired) electrons. The number of thiazole rings is 1. The second kappa shape index (κ2) is 3.71. The molecule has 0 amide bonds. The summed E-state index contributed by atoms with van der Waals surface area (Å²) in [7, 11) is 0. The first kappa shape index (κ1) is 8.45. The summed E-state index contributed by atoms with van der Waals surface area (Å²) < 4.78 is 0. The van der Waals surface area contributed by atoms with E-state index in [4.69, 9.17) is 0 Å². The topological polar surface area (TPSA) is 12.9 Å². The van der Waals surface area contributed by atoms with Crippen molar-refractivity contribution in [3.8, 4) is 11.3 Å². The molecule has 65 valence electrons. The highest BCUT2D eigenvalue weighted by atomic mass is 32.1. The van der Waals surface area contributed by atoms with Crippen molar-refractivity contribution in [2.75, 3.05) is 0 Å². The van der Waals surface area contributed by atoms with Gasteiger partial charge in [-0.1, -0.05) is 30.3 Å². The molecule has 2 rings (SSSR count). The molecule has 0 aliphatic heterocycles. The maximum atomic E-state index is 4.46. The number of rotatable bonds is 2. The van der Waals surface area contributed by atoms with Crippen molar-refractivity contribution in [3.05, 3.63) is 47.6 Å². The van der Waals surface area contributed by atoms with E-state index in [1.807, 2.05) is 18.2 Å². The number of hydrogen-bond donors (Lipinski definition) is 0. The molecule has 2 aromatic rings. The van der Waals surface area contributed by atoms with Gasteiger partial charge in [0.1, 0.15) is 0 Å². The lowest BCUT2D eigenvalue weighted by atomic mass is 10.2. The Kier molecular flexibility index (Phi) is 2.41. The van der Waals surface area contributed by atoms with Gasteiger partial charge in [0.15, 0.2) is 0 Å². The van der Waals surface area contributed by atoms with Gasteiger partial charge in [0.25, 0.3) is 0 Å². The molecule has 0 aliphatic carbocycles. The molecule has 0 saturated heterocycles. The zero-order valence-electron chi connectivity index (χ0n) is 7.23. The third kappa shape index (κ3) is 1.78. The molecular formula is C11H10NS. The molecule has 1 aromatic carbocycles. The quantitative estimate of drug-likeness (QED) is 0.705. The summed E-state index contributed by atoms with van der Waals surface area (Å²) in [5.74, 6) is 0. The van der Waals surface area contributed by atoms with Crippen LogP contribution in [0.3, 0.4) is 0 Å². The Morgan fingerprint density at radius 3 is 2.62 bits per heavy atom. The van der Waals surface area contributed by atoms with Crippen molar-refractivity contribution < 1.29 is 0 Å². The lowest BCUT2D eigenvalue weighted by molar-refractivity contribution is 1.19. The molecule has 0 saturated carbocycles. The number of nitrogens with zero attached hydrogens (tertiary/aromatic N) is 1. The second-order valence-corrected chi connectivity index (χ2v) is 3.69. The zero-order chi connectivity index (χ0) is 9.10. The van der Waals surface area contributed by atoms with Crippen LogP contribution in [0.2, 0.25) is 0 Å². The van der Waals surface area contributed by atoms with E-state index in [9.17, 15) is 0 Å². The Labute approximate surface area is 82.1 Å². The molecule has 0 atom stereocenters. The Morgan fingerprint density at radius 2 is 2.00 bits per heavy atom. The van der Waals surface area contributed by atoms with Crippen LogP contribution in [0.4, 0.5) is 0 Å². The largest absolute Gasteiger partial charge is 0.241 e. The molecule has 0 unspecified atom stereocenters. The lowest BCUT2D eigenvalue weighted by Gasteiger charge is -1.93. The number of hydrogen-bond acceptors (Lipinski definition) is 2. The second-order valence-electron chi connectivity index (χ2n) is 2.74. The first-order valence-electron chi connectivity index (χ1n) is 4.19. The van der Waals surface area contributed by atoms with E-state index in [0.29, 0.717) is 0 Å². The van der Waals surface area contributed by atoms with E-state index in [1.54, 1.807) is 11.3 Å². The summed E-state index contributed by atoms with van der Waals surface area (Å²) in [5.41, 5.74) is 2.24. The van der Waals surface area contributed by atoms with Crippen molar-refractivity contribution in [3.63, 3.8) is 0 Å². The van der Waals surface area contributed by atoms with Gasteiger partial charge in [-0.05, 0) is 13.3 Å². The molecule has 0 N–H and O–H groups in total. The van der Waals surface area contributed by atoms with Gasteiger partial charge < -0.3 is 0 Å². The van der Waals surface area contributed by atoms with Crippen LogP contribution in [0.1, 0.15) is 5.01 Å². The summed E-state index contributed by atoms with van der Waals surface area (Å²) >= 11 is 1.67. The third-order valence-electron chi connectivity index (χ3n) is 1.84. The molecular weight excluding hydrogens is 178 g/mol. The fourth-order valence-corrected chi connectivity index (χ4v) is 1.87. The van der Waals surface area contributed by atoms with Crippen LogP contribution in [0, 0.1) is 6.92 Å². The Bertz CT molecular complexity index is 378. The van der Waals surface area contributed by atoms with Crippen LogP contribution < -0.4 is 0 Å². The van der Waals surface area contributed by atoms with Crippen molar-refractivity contribution in [1.29, 1.82) is 0 Å². The van der Waals surface area contributed by atoms with Crippen LogP contribution in [0.15, 0.2) is 35.7 Å². The van der Waals surface area contributed by atoms with Gasteiger partial charge in [-0.15, -0.1) is 11.3 Å². The molecule has 0 bridgehead atoms. The first-order chi connectivity index (χ1) is 6.40. The van der Waals surface area contributed by atoms with E-state index < -0.39 is 0 Å². The van der Waals surface area contributed by atoms with Crippen LogP contribution >= 0.6 is 11.3 Å². The van der Waals surface area contributed by atoms with Gasteiger partial charge in [0.2, 0.25) is 0 Å². The maximum absolute atomic E-state index is 4.46. The predicted molar refractivity (Wildman–Crippen MR) is 56.6 cm³/mol. The van der Waals surface area contributed by atoms with Gasteiger partial charge in [0.05, 0.1) is 10.7 Å².